The molecule has 0 heterocycles. The molecule has 0 aromatic rings. The number of hydrogen-bond donors (Lipinski definition) is 2. The predicted molar refractivity (Wildman–Crippen MR) is 83.3 cm³/mol. The molecule has 114 valence electrons. The molecular formula is C16H34N2O. The summed E-state index contributed by atoms with van der Waals surface area (Å²) in [5.41, 5.74) is 0. The van der Waals surface area contributed by atoms with Crippen molar-refractivity contribution in [3.05, 3.63) is 0 Å². The highest BCUT2D eigenvalue weighted by molar-refractivity contribution is 5.81. The van der Waals surface area contributed by atoms with E-state index in [1.165, 1.54) is 44.9 Å². The first-order chi connectivity index (χ1) is 9.07. The second-order valence-corrected chi connectivity index (χ2v) is 5.94. The summed E-state index contributed by atoms with van der Waals surface area (Å²) in [5.74, 6) is 0.635. The lowest BCUT2D eigenvalue weighted by atomic mass is 10.1. The van der Waals surface area contributed by atoms with Gasteiger partial charge in [0.25, 0.3) is 0 Å². The number of unbranched alkanes of at least 4 members (excludes halogenated alkanes) is 6. The normalized spacial score (nSPS) is 12.7. The Kier molecular flexibility index (Phi) is 12.1. The van der Waals surface area contributed by atoms with Gasteiger partial charge in [-0.1, -0.05) is 59.3 Å². The molecule has 0 rings (SSSR count). The third-order valence-electron chi connectivity index (χ3n) is 3.31. The van der Waals surface area contributed by atoms with Crippen LogP contribution in [0.25, 0.3) is 0 Å². The van der Waals surface area contributed by atoms with Crippen molar-refractivity contribution in [2.45, 2.75) is 78.7 Å². The first-order valence-corrected chi connectivity index (χ1v) is 8.09. The molecule has 0 aromatic heterocycles. The molecule has 0 aliphatic rings. The molecule has 0 aliphatic heterocycles. The summed E-state index contributed by atoms with van der Waals surface area (Å²) in [4.78, 5) is 11.7. The highest BCUT2D eigenvalue weighted by atomic mass is 16.2. The van der Waals surface area contributed by atoms with Crippen LogP contribution in [0, 0.1) is 5.92 Å². The zero-order valence-corrected chi connectivity index (χ0v) is 13.4. The van der Waals surface area contributed by atoms with Gasteiger partial charge >= 0.3 is 0 Å². The largest absolute Gasteiger partial charge is 0.354 e. The van der Waals surface area contributed by atoms with Gasteiger partial charge in [-0.05, 0) is 25.8 Å². The van der Waals surface area contributed by atoms with Crippen molar-refractivity contribution in [1.82, 2.24) is 10.6 Å². The Morgan fingerprint density at radius 1 is 0.947 bits per heavy atom. The maximum absolute atomic E-state index is 11.7. The lowest BCUT2D eigenvalue weighted by Gasteiger charge is -2.15. The minimum Gasteiger partial charge on any atom is -0.354 e. The van der Waals surface area contributed by atoms with Gasteiger partial charge in [0.2, 0.25) is 5.91 Å². The van der Waals surface area contributed by atoms with Gasteiger partial charge in [-0.3, -0.25) is 4.79 Å². The second kappa shape index (κ2) is 12.5. The zero-order valence-electron chi connectivity index (χ0n) is 13.4. The molecule has 0 aromatic carbocycles. The first-order valence-electron chi connectivity index (χ1n) is 8.09. The molecule has 2 N–H and O–H groups in total. The van der Waals surface area contributed by atoms with Crippen molar-refractivity contribution in [2.24, 2.45) is 5.92 Å². The standard InChI is InChI=1S/C16H34N2O/c1-5-6-7-8-9-10-11-12-17-15(4)16(19)18-13-14(2)3/h14-15,17H,5-13H2,1-4H3,(H,18,19). The predicted octanol–water partition coefficient (Wildman–Crippen LogP) is 3.49. The Balaban J connectivity index is 3.37. The molecule has 0 saturated carbocycles. The summed E-state index contributed by atoms with van der Waals surface area (Å²) >= 11 is 0. The van der Waals surface area contributed by atoms with Crippen LogP contribution in [0.2, 0.25) is 0 Å². The summed E-state index contributed by atoms with van der Waals surface area (Å²) in [6.07, 6.45) is 9.19. The van der Waals surface area contributed by atoms with Gasteiger partial charge in [0.1, 0.15) is 0 Å². The van der Waals surface area contributed by atoms with E-state index in [0.29, 0.717) is 5.92 Å². The molecule has 3 nitrogen and oxygen atoms in total. The average Bonchev–Trinajstić information content (AvgIpc) is 2.38. The van der Waals surface area contributed by atoms with Crippen LogP contribution in [0.15, 0.2) is 0 Å². The summed E-state index contributed by atoms with van der Waals surface area (Å²) in [7, 11) is 0. The molecule has 0 spiro atoms. The molecule has 1 atom stereocenters. The van der Waals surface area contributed by atoms with Gasteiger partial charge in [-0.2, -0.15) is 0 Å². The summed E-state index contributed by atoms with van der Waals surface area (Å²) in [5, 5.41) is 6.25. The van der Waals surface area contributed by atoms with E-state index >= 15 is 0 Å². The first kappa shape index (κ1) is 18.4. The molecule has 0 saturated heterocycles. The van der Waals surface area contributed by atoms with Crippen LogP contribution < -0.4 is 10.6 Å². The smallest absolute Gasteiger partial charge is 0.236 e. The highest BCUT2D eigenvalue weighted by Crippen LogP contribution is 2.06. The maximum Gasteiger partial charge on any atom is 0.236 e. The molecule has 0 bridgehead atoms. The topological polar surface area (TPSA) is 41.1 Å². The Bertz CT molecular complexity index is 217. The Labute approximate surface area is 119 Å². The second-order valence-electron chi connectivity index (χ2n) is 5.94. The van der Waals surface area contributed by atoms with Crippen molar-refractivity contribution in [2.75, 3.05) is 13.1 Å². The number of nitrogens with one attached hydrogen (secondary N) is 2. The Hall–Kier alpha value is -0.570. The van der Waals surface area contributed by atoms with E-state index in [9.17, 15) is 4.79 Å². The molecule has 1 amide bonds. The fourth-order valence-corrected chi connectivity index (χ4v) is 1.95. The average molecular weight is 270 g/mol. The monoisotopic (exact) mass is 270 g/mol. The van der Waals surface area contributed by atoms with E-state index in [0.717, 1.165) is 13.1 Å². The minimum atomic E-state index is -0.0705. The van der Waals surface area contributed by atoms with Crippen LogP contribution in [0.3, 0.4) is 0 Å². The van der Waals surface area contributed by atoms with Gasteiger partial charge in [0.05, 0.1) is 6.04 Å². The number of carbonyl (C=O) groups excluding carboxylic acids is 1. The third-order valence-corrected chi connectivity index (χ3v) is 3.31. The van der Waals surface area contributed by atoms with Gasteiger partial charge in [-0.15, -0.1) is 0 Å². The molecule has 19 heavy (non-hydrogen) atoms. The molecule has 3 heteroatoms. The van der Waals surface area contributed by atoms with Crippen LogP contribution in [0.1, 0.15) is 72.6 Å². The SMILES string of the molecule is CCCCCCCCCNC(C)C(=O)NCC(C)C. The van der Waals surface area contributed by atoms with Crippen LogP contribution in [-0.4, -0.2) is 25.0 Å². The summed E-state index contributed by atoms with van der Waals surface area (Å²) < 4.78 is 0. The van der Waals surface area contributed by atoms with Crippen LogP contribution in [0.4, 0.5) is 0 Å². The minimum absolute atomic E-state index is 0.0705. The van der Waals surface area contributed by atoms with E-state index in [2.05, 4.69) is 31.4 Å². The van der Waals surface area contributed by atoms with Crippen molar-refractivity contribution in [3.8, 4) is 0 Å². The van der Waals surface area contributed by atoms with E-state index < -0.39 is 0 Å². The van der Waals surface area contributed by atoms with Gasteiger partial charge in [0, 0.05) is 6.54 Å². The number of rotatable bonds is 12. The molecule has 0 aliphatic carbocycles. The molecule has 1 unspecified atom stereocenters. The fourth-order valence-electron chi connectivity index (χ4n) is 1.95. The highest BCUT2D eigenvalue weighted by Gasteiger charge is 2.11. The van der Waals surface area contributed by atoms with E-state index in [-0.39, 0.29) is 11.9 Å². The van der Waals surface area contributed by atoms with Crippen LogP contribution in [0.5, 0.6) is 0 Å². The van der Waals surface area contributed by atoms with Crippen LogP contribution >= 0.6 is 0 Å². The zero-order chi connectivity index (χ0) is 14.5. The Morgan fingerprint density at radius 3 is 2.11 bits per heavy atom. The van der Waals surface area contributed by atoms with Gasteiger partial charge in [0.15, 0.2) is 0 Å². The summed E-state index contributed by atoms with van der Waals surface area (Å²) in [6, 6.07) is -0.0705. The van der Waals surface area contributed by atoms with Crippen molar-refractivity contribution < 1.29 is 4.79 Å². The van der Waals surface area contributed by atoms with Crippen molar-refractivity contribution >= 4 is 5.91 Å². The maximum atomic E-state index is 11.7. The lowest BCUT2D eigenvalue weighted by Crippen LogP contribution is -2.43. The van der Waals surface area contributed by atoms with E-state index in [1.807, 2.05) is 6.92 Å². The van der Waals surface area contributed by atoms with E-state index in [1.54, 1.807) is 0 Å². The third kappa shape index (κ3) is 12.2. The summed E-state index contributed by atoms with van der Waals surface area (Å²) in [6.45, 7) is 10.1. The molecular weight excluding hydrogens is 236 g/mol. The fraction of sp³-hybridized carbons (Fsp3) is 0.938. The van der Waals surface area contributed by atoms with Crippen molar-refractivity contribution in [3.63, 3.8) is 0 Å². The number of amides is 1. The van der Waals surface area contributed by atoms with Gasteiger partial charge < -0.3 is 10.6 Å². The van der Waals surface area contributed by atoms with Gasteiger partial charge in [-0.25, -0.2) is 0 Å². The Morgan fingerprint density at radius 2 is 1.53 bits per heavy atom. The number of hydrogen-bond acceptors (Lipinski definition) is 2. The van der Waals surface area contributed by atoms with Crippen molar-refractivity contribution in [1.29, 1.82) is 0 Å². The number of carbonyl (C=O) groups is 1. The van der Waals surface area contributed by atoms with E-state index in [4.69, 9.17) is 0 Å². The quantitative estimate of drug-likeness (QED) is 0.533. The lowest BCUT2D eigenvalue weighted by molar-refractivity contribution is -0.122. The molecule has 0 radical (unpaired) electrons. The van der Waals surface area contributed by atoms with Crippen LogP contribution in [-0.2, 0) is 4.79 Å². The molecule has 0 fully saturated rings.